The molecule has 0 fully saturated rings. The number of hydrogen-bond donors (Lipinski definition) is 1. The van der Waals surface area contributed by atoms with Crippen LogP contribution >= 0.6 is 11.6 Å². The highest BCUT2D eigenvalue weighted by Gasteiger charge is 2.11. The van der Waals surface area contributed by atoms with Crippen LogP contribution in [0.15, 0.2) is 48.5 Å². The molecule has 0 heterocycles. The second-order valence-electron chi connectivity index (χ2n) is 4.72. The Labute approximate surface area is 118 Å². The van der Waals surface area contributed by atoms with Crippen molar-refractivity contribution in [3.05, 3.63) is 70.5 Å². The minimum atomic E-state index is -0.209. The van der Waals surface area contributed by atoms with Crippen molar-refractivity contribution in [3.63, 3.8) is 0 Å². The summed E-state index contributed by atoms with van der Waals surface area (Å²) >= 11 is 5.99. The first kappa shape index (κ1) is 14.0. The van der Waals surface area contributed by atoms with Crippen LogP contribution in [0.3, 0.4) is 0 Å². The van der Waals surface area contributed by atoms with Gasteiger partial charge >= 0.3 is 0 Å². The molecule has 2 rings (SSSR count). The third-order valence-electron chi connectivity index (χ3n) is 3.22. The van der Waals surface area contributed by atoms with Gasteiger partial charge < -0.3 is 5.32 Å². The van der Waals surface area contributed by atoms with E-state index in [1.165, 1.54) is 12.1 Å². The predicted octanol–water partition coefficient (Wildman–Crippen LogP) is 4.89. The van der Waals surface area contributed by atoms with Crippen LogP contribution in [0.5, 0.6) is 0 Å². The Balaban J connectivity index is 2.06. The summed E-state index contributed by atoms with van der Waals surface area (Å²) < 4.78 is 12.9. The summed E-state index contributed by atoms with van der Waals surface area (Å²) in [6.45, 7) is 4.15. The van der Waals surface area contributed by atoms with Crippen molar-refractivity contribution in [2.75, 3.05) is 0 Å². The summed E-state index contributed by atoms with van der Waals surface area (Å²) in [6.07, 6.45) is 0. The van der Waals surface area contributed by atoms with E-state index >= 15 is 0 Å². The van der Waals surface area contributed by atoms with Crippen LogP contribution in [0, 0.1) is 5.82 Å². The number of rotatable bonds is 4. The fraction of sp³-hybridized carbons (Fsp3) is 0.250. The largest absolute Gasteiger partial charge is 0.304 e. The standard InChI is InChI=1S/C16H17ClFN/c1-11(13-6-8-16(18)9-7-13)19-12(2)14-4-3-5-15(17)10-14/h3-12,19H,1-2H3/t11-,12?/m1/s1. The van der Waals surface area contributed by atoms with Crippen LogP contribution < -0.4 is 5.32 Å². The Kier molecular flexibility index (Phi) is 4.56. The van der Waals surface area contributed by atoms with E-state index in [1.54, 1.807) is 12.1 Å². The van der Waals surface area contributed by atoms with Gasteiger partial charge in [0.05, 0.1) is 0 Å². The summed E-state index contributed by atoms with van der Waals surface area (Å²) in [5, 5.41) is 4.21. The van der Waals surface area contributed by atoms with Gasteiger partial charge in [-0.15, -0.1) is 0 Å². The van der Waals surface area contributed by atoms with Crippen molar-refractivity contribution in [3.8, 4) is 0 Å². The van der Waals surface area contributed by atoms with E-state index < -0.39 is 0 Å². The number of hydrogen-bond acceptors (Lipinski definition) is 1. The van der Waals surface area contributed by atoms with Crippen molar-refractivity contribution in [1.82, 2.24) is 5.32 Å². The van der Waals surface area contributed by atoms with Gasteiger partial charge in [-0.3, -0.25) is 0 Å². The highest BCUT2D eigenvalue weighted by atomic mass is 35.5. The zero-order chi connectivity index (χ0) is 13.8. The maximum Gasteiger partial charge on any atom is 0.123 e. The Hall–Kier alpha value is -1.38. The lowest BCUT2D eigenvalue weighted by Gasteiger charge is -2.21. The van der Waals surface area contributed by atoms with Crippen LogP contribution in [0.4, 0.5) is 4.39 Å². The van der Waals surface area contributed by atoms with Gasteiger partial charge in [-0.1, -0.05) is 35.9 Å². The predicted molar refractivity (Wildman–Crippen MR) is 77.8 cm³/mol. The third kappa shape index (κ3) is 3.79. The van der Waals surface area contributed by atoms with Gasteiger partial charge in [-0.25, -0.2) is 4.39 Å². The van der Waals surface area contributed by atoms with Crippen LogP contribution in [0.1, 0.15) is 37.1 Å². The van der Waals surface area contributed by atoms with Gasteiger partial charge in [0.1, 0.15) is 5.82 Å². The Morgan fingerprint density at radius 3 is 2.21 bits per heavy atom. The highest BCUT2D eigenvalue weighted by Crippen LogP contribution is 2.21. The molecule has 0 amide bonds. The van der Waals surface area contributed by atoms with Crippen LogP contribution in [0.2, 0.25) is 5.02 Å². The molecule has 0 saturated carbocycles. The van der Waals surface area contributed by atoms with Crippen LogP contribution in [0.25, 0.3) is 0 Å². The van der Waals surface area contributed by atoms with Crippen LogP contribution in [-0.2, 0) is 0 Å². The first-order chi connectivity index (χ1) is 9.06. The SMILES string of the molecule is CC(N[C@H](C)c1ccc(F)cc1)c1cccc(Cl)c1. The second kappa shape index (κ2) is 6.18. The molecule has 0 saturated heterocycles. The zero-order valence-corrected chi connectivity index (χ0v) is 11.8. The Morgan fingerprint density at radius 2 is 1.58 bits per heavy atom. The molecule has 0 radical (unpaired) electrons. The molecule has 19 heavy (non-hydrogen) atoms. The van der Waals surface area contributed by atoms with Crippen molar-refractivity contribution in [1.29, 1.82) is 0 Å². The quantitative estimate of drug-likeness (QED) is 0.839. The van der Waals surface area contributed by atoms with Gasteiger partial charge in [0, 0.05) is 17.1 Å². The van der Waals surface area contributed by atoms with Crippen molar-refractivity contribution < 1.29 is 4.39 Å². The number of halogens is 2. The molecular formula is C16H17ClFN. The van der Waals surface area contributed by atoms with E-state index in [-0.39, 0.29) is 17.9 Å². The summed E-state index contributed by atoms with van der Waals surface area (Å²) in [7, 11) is 0. The lowest BCUT2D eigenvalue weighted by atomic mass is 10.0. The maximum absolute atomic E-state index is 12.9. The smallest absolute Gasteiger partial charge is 0.123 e. The Morgan fingerprint density at radius 1 is 0.947 bits per heavy atom. The fourth-order valence-corrected chi connectivity index (χ4v) is 2.29. The second-order valence-corrected chi connectivity index (χ2v) is 5.15. The molecule has 0 aliphatic heterocycles. The molecule has 3 heteroatoms. The van der Waals surface area contributed by atoms with Gasteiger partial charge in [-0.05, 0) is 49.2 Å². The van der Waals surface area contributed by atoms with Gasteiger partial charge in [0.15, 0.2) is 0 Å². The molecule has 0 aliphatic rings. The summed E-state index contributed by atoms with van der Waals surface area (Å²) in [5.74, 6) is -0.209. The van der Waals surface area contributed by atoms with Crippen molar-refractivity contribution in [2.24, 2.45) is 0 Å². The van der Waals surface area contributed by atoms with Crippen molar-refractivity contribution in [2.45, 2.75) is 25.9 Å². The molecule has 1 nitrogen and oxygen atoms in total. The maximum atomic E-state index is 12.9. The molecular weight excluding hydrogens is 261 g/mol. The normalized spacial score (nSPS) is 14.1. The minimum absolute atomic E-state index is 0.148. The molecule has 0 bridgehead atoms. The van der Waals surface area contributed by atoms with E-state index in [2.05, 4.69) is 19.2 Å². The van der Waals surface area contributed by atoms with E-state index in [1.807, 2.05) is 24.3 Å². The first-order valence-corrected chi connectivity index (χ1v) is 6.71. The molecule has 2 aromatic carbocycles. The van der Waals surface area contributed by atoms with Crippen molar-refractivity contribution >= 4 is 11.6 Å². The van der Waals surface area contributed by atoms with E-state index in [9.17, 15) is 4.39 Å². The number of benzene rings is 2. The fourth-order valence-electron chi connectivity index (χ4n) is 2.09. The molecule has 2 aromatic rings. The zero-order valence-electron chi connectivity index (χ0n) is 11.0. The van der Waals surface area contributed by atoms with Gasteiger partial charge in [0.25, 0.3) is 0 Å². The average Bonchev–Trinajstić information content (AvgIpc) is 2.39. The lowest BCUT2D eigenvalue weighted by Crippen LogP contribution is -2.22. The minimum Gasteiger partial charge on any atom is -0.304 e. The summed E-state index contributed by atoms with van der Waals surface area (Å²) in [4.78, 5) is 0. The van der Waals surface area contributed by atoms with Gasteiger partial charge in [-0.2, -0.15) is 0 Å². The average molecular weight is 278 g/mol. The summed E-state index contributed by atoms with van der Waals surface area (Å²) in [5.41, 5.74) is 2.21. The van der Waals surface area contributed by atoms with E-state index in [0.717, 1.165) is 16.1 Å². The van der Waals surface area contributed by atoms with Crippen LogP contribution in [-0.4, -0.2) is 0 Å². The monoisotopic (exact) mass is 277 g/mol. The first-order valence-electron chi connectivity index (χ1n) is 6.33. The van der Waals surface area contributed by atoms with Gasteiger partial charge in [0.2, 0.25) is 0 Å². The van der Waals surface area contributed by atoms with E-state index in [0.29, 0.717) is 0 Å². The molecule has 0 spiro atoms. The molecule has 0 aliphatic carbocycles. The molecule has 2 atom stereocenters. The lowest BCUT2D eigenvalue weighted by molar-refractivity contribution is 0.494. The molecule has 100 valence electrons. The third-order valence-corrected chi connectivity index (χ3v) is 3.45. The highest BCUT2D eigenvalue weighted by molar-refractivity contribution is 6.30. The van der Waals surface area contributed by atoms with E-state index in [4.69, 9.17) is 11.6 Å². The topological polar surface area (TPSA) is 12.0 Å². The number of nitrogens with one attached hydrogen (secondary N) is 1. The summed E-state index contributed by atoms with van der Waals surface area (Å²) in [6, 6.07) is 14.7. The molecule has 0 aromatic heterocycles. The molecule has 1 unspecified atom stereocenters. The Bertz CT molecular complexity index is 539. The molecule has 1 N–H and O–H groups in total.